The van der Waals surface area contributed by atoms with E-state index >= 15 is 0 Å². The van der Waals surface area contributed by atoms with Crippen LogP contribution >= 0.6 is 11.8 Å². The average molecular weight is 338 g/mol. The number of imide groups is 1. The lowest BCUT2D eigenvalue weighted by Crippen LogP contribution is -2.30. The van der Waals surface area contributed by atoms with Gasteiger partial charge in [0.1, 0.15) is 0 Å². The lowest BCUT2D eigenvalue weighted by molar-refractivity contribution is -0.136. The third-order valence-corrected chi connectivity index (χ3v) is 4.76. The van der Waals surface area contributed by atoms with Gasteiger partial charge in [0, 0.05) is 28.5 Å². The first kappa shape index (κ1) is 16.3. The monoisotopic (exact) mass is 338 g/mol. The Labute approximate surface area is 145 Å². The van der Waals surface area contributed by atoms with Crippen LogP contribution in [0.2, 0.25) is 0 Å². The molecule has 0 radical (unpaired) electrons. The van der Waals surface area contributed by atoms with Crippen molar-refractivity contribution >= 4 is 35.0 Å². The summed E-state index contributed by atoms with van der Waals surface area (Å²) in [6.45, 7) is 2.46. The van der Waals surface area contributed by atoms with Gasteiger partial charge in [-0.1, -0.05) is 43.0 Å². The largest absolute Gasteiger partial charge is 0.354 e. The SMILES string of the molecule is CCCN1C(=O)C=CC1=O.c1ccc2c(c1)Nc1ccccc1S2. The van der Waals surface area contributed by atoms with Crippen LogP contribution in [0.25, 0.3) is 0 Å². The van der Waals surface area contributed by atoms with Crippen LogP contribution in [0.3, 0.4) is 0 Å². The molecular weight excluding hydrogens is 320 g/mol. The Kier molecular flexibility index (Phi) is 5.01. The van der Waals surface area contributed by atoms with Gasteiger partial charge in [0.25, 0.3) is 11.8 Å². The van der Waals surface area contributed by atoms with Crippen molar-refractivity contribution in [3.8, 4) is 0 Å². The molecule has 0 saturated carbocycles. The maximum Gasteiger partial charge on any atom is 0.253 e. The van der Waals surface area contributed by atoms with E-state index in [1.807, 2.05) is 18.7 Å². The Balaban J connectivity index is 0.000000150. The van der Waals surface area contributed by atoms with E-state index in [2.05, 4.69) is 53.8 Å². The van der Waals surface area contributed by atoms with Crippen LogP contribution in [0, 0.1) is 0 Å². The van der Waals surface area contributed by atoms with E-state index < -0.39 is 0 Å². The second kappa shape index (κ2) is 7.36. The number of carbonyl (C=O) groups is 2. The van der Waals surface area contributed by atoms with Crippen molar-refractivity contribution in [2.24, 2.45) is 0 Å². The molecule has 0 saturated heterocycles. The quantitative estimate of drug-likeness (QED) is 0.711. The molecule has 2 amide bonds. The highest BCUT2D eigenvalue weighted by molar-refractivity contribution is 7.99. The Hall–Kier alpha value is -2.53. The predicted octanol–water partition coefficient (Wildman–Crippen LogP) is 4.22. The standard InChI is InChI=1S/C12H9NS.C7H9NO2/c1-3-7-11-9(5-1)13-10-6-2-4-8-12(10)14-11;1-2-5-8-6(9)3-4-7(8)10/h1-8,13H;3-4H,2,5H2,1H3. The van der Waals surface area contributed by atoms with Crippen molar-refractivity contribution in [3.05, 3.63) is 60.7 Å². The number of amides is 2. The lowest BCUT2D eigenvalue weighted by atomic mass is 10.2. The van der Waals surface area contributed by atoms with Gasteiger partial charge in [0.05, 0.1) is 11.4 Å². The van der Waals surface area contributed by atoms with Crippen LogP contribution < -0.4 is 5.32 Å². The first-order chi connectivity index (χ1) is 11.7. The summed E-state index contributed by atoms with van der Waals surface area (Å²) in [6.07, 6.45) is 3.43. The highest BCUT2D eigenvalue weighted by atomic mass is 32.2. The number of nitrogens with one attached hydrogen (secondary N) is 1. The Morgan fingerprint density at radius 2 is 1.38 bits per heavy atom. The van der Waals surface area contributed by atoms with E-state index in [9.17, 15) is 9.59 Å². The maximum absolute atomic E-state index is 10.8. The van der Waals surface area contributed by atoms with Crippen LogP contribution in [0.5, 0.6) is 0 Å². The molecule has 4 nitrogen and oxygen atoms in total. The highest BCUT2D eigenvalue weighted by Gasteiger charge is 2.21. The molecule has 1 N–H and O–H groups in total. The fraction of sp³-hybridized carbons (Fsp3) is 0.158. The van der Waals surface area contributed by atoms with Crippen molar-refractivity contribution in [1.82, 2.24) is 4.90 Å². The summed E-state index contributed by atoms with van der Waals surface area (Å²) >= 11 is 1.82. The van der Waals surface area contributed by atoms with E-state index in [4.69, 9.17) is 0 Å². The predicted molar refractivity (Wildman–Crippen MR) is 96.4 cm³/mol. The van der Waals surface area contributed by atoms with Crippen LogP contribution in [0.15, 0.2) is 70.5 Å². The van der Waals surface area contributed by atoms with Crippen LogP contribution in [-0.4, -0.2) is 23.3 Å². The Bertz CT molecular complexity index is 696. The molecule has 24 heavy (non-hydrogen) atoms. The minimum atomic E-state index is -0.188. The second-order valence-electron chi connectivity index (χ2n) is 5.38. The number of hydrogen-bond donors (Lipinski definition) is 1. The van der Waals surface area contributed by atoms with Crippen LogP contribution in [-0.2, 0) is 9.59 Å². The molecule has 0 bridgehead atoms. The highest BCUT2D eigenvalue weighted by Crippen LogP contribution is 2.43. The molecule has 2 aliphatic heterocycles. The number of carbonyl (C=O) groups excluding carboxylic acids is 2. The average Bonchev–Trinajstić information content (AvgIpc) is 2.93. The molecule has 0 fully saturated rings. The molecule has 5 heteroatoms. The summed E-state index contributed by atoms with van der Waals surface area (Å²) in [5.74, 6) is -0.376. The number of hydrogen-bond acceptors (Lipinski definition) is 4. The zero-order chi connectivity index (χ0) is 16.9. The molecule has 0 atom stereocenters. The zero-order valence-electron chi connectivity index (χ0n) is 13.4. The summed E-state index contributed by atoms with van der Waals surface area (Å²) in [4.78, 5) is 25.4. The second-order valence-corrected chi connectivity index (χ2v) is 6.46. The summed E-state index contributed by atoms with van der Waals surface area (Å²) in [7, 11) is 0. The smallest absolute Gasteiger partial charge is 0.253 e. The molecule has 0 unspecified atom stereocenters. The van der Waals surface area contributed by atoms with Crippen molar-refractivity contribution < 1.29 is 9.59 Å². The van der Waals surface area contributed by atoms with E-state index in [0.717, 1.165) is 6.42 Å². The molecule has 122 valence electrons. The van der Waals surface area contributed by atoms with Gasteiger partial charge in [0.15, 0.2) is 0 Å². The first-order valence-corrected chi connectivity index (χ1v) is 8.67. The number of benzene rings is 2. The van der Waals surface area contributed by atoms with Gasteiger partial charge in [-0.15, -0.1) is 0 Å². The van der Waals surface area contributed by atoms with Gasteiger partial charge in [0.2, 0.25) is 0 Å². The normalized spacial score (nSPS) is 14.5. The minimum absolute atomic E-state index is 0.188. The summed E-state index contributed by atoms with van der Waals surface area (Å²) in [5, 5.41) is 3.42. The molecule has 2 heterocycles. The molecule has 0 aromatic heterocycles. The van der Waals surface area contributed by atoms with Crippen molar-refractivity contribution in [2.45, 2.75) is 23.1 Å². The van der Waals surface area contributed by atoms with E-state index in [1.54, 1.807) is 0 Å². The lowest BCUT2D eigenvalue weighted by Gasteiger charge is -2.19. The van der Waals surface area contributed by atoms with E-state index in [1.165, 1.54) is 38.2 Å². The summed E-state index contributed by atoms with van der Waals surface area (Å²) in [6, 6.07) is 16.8. The number of fused-ring (bicyclic) bond motifs is 2. The van der Waals surface area contributed by atoms with Gasteiger partial charge < -0.3 is 5.32 Å². The molecule has 0 spiro atoms. The topological polar surface area (TPSA) is 49.4 Å². The number of rotatable bonds is 2. The van der Waals surface area contributed by atoms with Gasteiger partial charge in [-0.05, 0) is 30.7 Å². The van der Waals surface area contributed by atoms with E-state index in [0.29, 0.717) is 6.54 Å². The van der Waals surface area contributed by atoms with Gasteiger partial charge >= 0.3 is 0 Å². The molecule has 4 rings (SSSR count). The van der Waals surface area contributed by atoms with Crippen LogP contribution in [0.1, 0.15) is 13.3 Å². The number of para-hydroxylation sites is 2. The van der Waals surface area contributed by atoms with Crippen LogP contribution in [0.4, 0.5) is 11.4 Å². The number of nitrogens with zero attached hydrogens (tertiary/aromatic N) is 1. The third kappa shape index (κ3) is 3.51. The van der Waals surface area contributed by atoms with Gasteiger partial charge in [-0.2, -0.15) is 0 Å². The van der Waals surface area contributed by atoms with E-state index in [-0.39, 0.29) is 11.8 Å². The fourth-order valence-corrected chi connectivity index (χ4v) is 3.44. The molecular formula is C19H18N2O2S. The summed E-state index contributed by atoms with van der Waals surface area (Å²) < 4.78 is 0. The van der Waals surface area contributed by atoms with Gasteiger partial charge in [-0.25, -0.2) is 0 Å². The third-order valence-electron chi connectivity index (χ3n) is 3.61. The van der Waals surface area contributed by atoms with Crippen molar-refractivity contribution in [1.29, 1.82) is 0 Å². The Morgan fingerprint density at radius 3 is 1.88 bits per heavy atom. The molecule has 2 aromatic carbocycles. The maximum atomic E-state index is 10.8. The van der Waals surface area contributed by atoms with Crippen molar-refractivity contribution in [2.75, 3.05) is 11.9 Å². The number of anilines is 2. The Morgan fingerprint density at radius 1 is 0.875 bits per heavy atom. The van der Waals surface area contributed by atoms with Crippen molar-refractivity contribution in [3.63, 3.8) is 0 Å². The first-order valence-electron chi connectivity index (χ1n) is 7.85. The molecule has 0 aliphatic carbocycles. The van der Waals surface area contributed by atoms with Gasteiger partial charge in [-0.3, -0.25) is 14.5 Å². The minimum Gasteiger partial charge on any atom is -0.354 e. The molecule has 2 aliphatic rings. The zero-order valence-corrected chi connectivity index (χ0v) is 14.2. The fourth-order valence-electron chi connectivity index (χ4n) is 2.46. The summed E-state index contributed by atoms with van der Waals surface area (Å²) in [5.41, 5.74) is 2.41. The molecule has 2 aromatic rings.